The van der Waals surface area contributed by atoms with Gasteiger partial charge in [-0.1, -0.05) is 41.6 Å². The SMILES string of the molecule is Cc1ccc(Oc2ccccc2NC(=O)CSc2nnc(N3CCCCC3)n2C2CC2)cc1. The first-order valence-electron chi connectivity index (χ1n) is 11.6. The summed E-state index contributed by atoms with van der Waals surface area (Å²) in [5, 5.41) is 12.8. The highest BCUT2D eigenvalue weighted by molar-refractivity contribution is 7.99. The van der Waals surface area contributed by atoms with Crippen LogP contribution in [0.25, 0.3) is 0 Å². The van der Waals surface area contributed by atoms with E-state index in [4.69, 9.17) is 4.74 Å². The van der Waals surface area contributed by atoms with E-state index in [-0.39, 0.29) is 11.7 Å². The lowest BCUT2D eigenvalue weighted by Gasteiger charge is -2.27. The lowest BCUT2D eigenvalue weighted by atomic mass is 10.1. The quantitative estimate of drug-likeness (QED) is 0.449. The van der Waals surface area contributed by atoms with Crippen molar-refractivity contribution in [3.05, 3.63) is 54.1 Å². The van der Waals surface area contributed by atoms with E-state index in [1.807, 2.05) is 55.5 Å². The highest BCUT2D eigenvalue weighted by atomic mass is 32.2. The predicted molar refractivity (Wildman–Crippen MR) is 131 cm³/mol. The number of thioether (sulfide) groups is 1. The number of nitrogens with one attached hydrogen (secondary N) is 1. The van der Waals surface area contributed by atoms with Crippen LogP contribution in [0.5, 0.6) is 11.5 Å². The minimum absolute atomic E-state index is 0.0928. The Hall–Kier alpha value is -3.00. The average molecular weight is 464 g/mol. The van der Waals surface area contributed by atoms with Crippen molar-refractivity contribution < 1.29 is 9.53 Å². The molecule has 7 nitrogen and oxygen atoms in total. The van der Waals surface area contributed by atoms with Gasteiger partial charge in [-0.3, -0.25) is 9.36 Å². The number of piperidine rings is 1. The van der Waals surface area contributed by atoms with Crippen LogP contribution in [0.4, 0.5) is 11.6 Å². The molecule has 2 fully saturated rings. The summed E-state index contributed by atoms with van der Waals surface area (Å²) < 4.78 is 8.25. The van der Waals surface area contributed by atoms with Gasteiger partial charge >= 0.3 is 0 Å². The van der Waals surface area contributed by atoms with Gasteiger partial charge in [0.1, 0.15) is 5.75 Å². The number of aryl methyl sites for hydroxylation is 1. The van der Waals surface area contributed by atoms with Gasteiger partial charge in [0.05, 0.1) is 11.4 Å². The maximum absolute atomic E-state index is 12.8. The molecule has 2 aromatic carbocycles. The van der Waals surface area contributed by atoms with E-state index in [2.05, 4.69) is 25.0 Å². The van der Waals surface area contributed by atoms with Gasteiger partial charge in [-0.2, -0.15) is 0 Å². The summed E-state index contributed by atoms with van der Waals surface area (Å²) in [5.41, 5.74) is 1.82. The lowest BCUT2D eigenvalue weighted by Crippen LogP contribution is -2.32. The number of nitrogens with zero attached hydrogens (tertiary/aromatic N) is 4. The normalized spacial score (nSPS) is 16.0. The summed E-state index contributed by atoms with van der Waals surface area (Å²) in [6, 6.07) is 15.8. The number of rotatable bonds is 8. The van der Waals surface area contributed by atoms with Crippen molar-refractivity contribution >= 4 is 29.3 Å². The monoisotopic (exact) mass is 463 g/mol. The Balaban J connectivity index is 1.24. The van der Waals surface area contributed by atoms with Gasteiger partial charge in [-0.05, 0) is 63.3 Å². The summed E-state index contributed by atoms with van der Waals surface area (Å²) in [6.07, 6.45) is 5.99. The summed E-state index contributed by atoms with van der Waals surface area (Å²) in [6.45, 7) is 4.11. The molecule has 1 amide bonds. The van der Waals surface area contributed by atoms with E-state index in [0.717, 1.165) is 42.8 Å². The molecule has 1 saturated heterocycles. The Kier molecular flexibility index (Phi) is 6.53. The van der Waals surface area contributed by atoms with E-state index >= 15 is 0 Å². The van der Waals surface area contributed by atoms with Crippen LogP contribution < -0.4 is 15.0 Å². The Morgan fingerprint density at radius 3 is 2.58 bits per heavy atom. The molecule has 8 heteroatoms. The Bertz CT molecular complexity index is 1100. The fourth-order valence-electron chi connectivity index (χ4n) is 4.04. The van der Waals surface area contributed by atoms with Crippen LogP contribution in [-0.4, -0.2) is 39.5 Å². The number of ether oxygens (including phenoxy) is 1. The molecule has 0 bridgehead atoms. The average Bonchev–Trinajstić information content (AvgIpc) is 3.59. The van der Waals surface area contributed by atoms with Crippen LogP contribution in [-0.2, 0) is 4.79 Å². The minimum atomic E-state index is -0.0928. The van der Waals surface area contributed by atoms with Gasteiger partial charge in [0, 0.05) is 19.1 Å². The van der Waals surface area contributed by atoms with Crippen molar-refractivity contribution in [1.82, 2.24) is 14.8 Å². The molecule has 0 atom stereocenters. The second kappa shape index (κ2) is 9.87. The third-order valence-electron chi connectivity index (χ3n) is 5.94. The maximum Gasteiger partial charge on any atom is 0.234 e. The molecule has 33 heavy (non-hydrogen) atoms. The topological polar surface area (TPSA) is 72.3 Å². The van der Waals surface area contributed by atoms with Gasteiger partial charge < -0.3 is 15.0 Å². The number of carbonyl (C=O) groups is 1. The summed E-state index contributed by atoms with van der Waals surface area (Å²) >= 11 is 1.45. The molecule has 1 N–H and O–H groups in total. The molecule has 1 aliphatic carbocycles. The van der Waals surface area contributed by atoms with E-state index in [1.54, 1.807) is 0 Å². The number of hydrogen-bond donors (Lipinski definition) is 1. The zero-order chi connectivity index (χ0) is 22.6. The number of carbonyl (C=O) groups excluding carboxylic acids is 1. The molecule has 1 aromatic heterocycles. The largest absolute Gasteiger partial charge is 0.455 e. The second-order valence-electron chi connectivity index (χ2n) is 8.68. The van der Waals surface area contributed by atoms with Crippen LogP contribution >= 0.6 is 11.8 Å². The molecule has 1 saturated carbocycles. The molecule has 172 valence electrons. The van der Waals surface area contributed by atoms with E-state index < -0.39 is 0 Å². The molecule has 5 rings (SSSR count). The number of anilines is 2. The Labute approximate surface area is 198 Å². The zero-order valence-corrected chi connectivity index (χ0v) is 19.7. The van der Waals surface area contributed by atoms with E-state index in [9.17, 15) is 4.79 Å². The van der Waals surface area contributed by atoms with Crippen LogP contribution in [0.15, 0.2) is 53.7 Å². The Morgan fingerprint density at radius 2 is 1.82 bits per heavy atom. The second-order valence-corrected chi connectivity index (χ2v) is 9.62. The van der Waals surface area contributed by atoms with Crippen LogP contribution in [0, 0.1) is 6.92 Å². The number of hydrogen-bond acceptors (Lipinski definition) is 6. The fourth-order valence-corrected chi connectivity index (χ4v) is 4.84. The highest BCUT2D eigenvalue weighted by Crippen LogP contribution is 2.41. The fraction of sp³-hybridized carbons (Fsp3) is 0.400. The van der Waals surface area contributed by atoms with Crippen LogP contribution in [0.3, 0.4) is 0 Å². The molecule has 1 aliphatic heterocycles. The van der Waals surface area contributed by atoms with E-state index in [0.29, 0.717) is 17.5 Å². The third-order valence-corrected chi connectivity index (χ3v) is 6.88. The smallest absolute Gasteiger partial charge is 0.234 e. The molecule has 2 aliphatic rings. The molecule has 2 heterocycles. The highest BCUT2D eigenvalue weighted by Gasteiger charge is 2.32. The molecular weight excluding hydrogens is 434 g/mol. The lowest BCUT2D eigenvalue weighted by molar-refractivity contribution is -0.113. The first-order chi connectivity index (χ1) is 16.2. The van der Waals surface area contributed by atoms with E-state index in [1.165, 1.54) is 36.6 Å². The zero-order valence-electron chi connectivity index (χ0n) is 18.9. The van der Waals surface area contributed by atoms with Gasteiger partial charge in [-0.25, -0.2) is 0 Å². The number of amides is 1. The van der Waals surface area contributed by atoms with Gasteiger partial charge in [0.15, 0.2) is 10.9 Å². The third kappa shape index (κ3) is 5.33. The van der Waals surface area contributed by atoms with Crippen molar-refractivity contribution in [1.29, 1.82) is 0 Å². The summed E-state index contributed by atoms with van der Waals surface area (Å²) in [7, 11) is 0. The predicted octanol–water partition coefficient (Wildman–Crippen LogP) is 5.43. The first-order valence-corrected chi connectivity index (χ1v) is 12.6. The van der Waals surface area contributed by atoms with Crippen molar-refractivity contribution in [3.63, 3.8) is 0 Å². The number of benzene rings is 2. The van der Waals surface area contributed by atoms with Gasteiger partial charge in [0.2, 0.25) is 11.9 Å². The molecule has 0 unspecified atom stereocenters. The van der Waals surface area contributed by atoms with Crippen LogP contribution in [0.2, 0.25) is 0 Å². The van der Waals surface area contributed by atoms with Gasteiger partial charge in [0.25, 0.3) is 0 Å². The van der Waals surface area contributed by atoms with Crippen molar-refractivity contribution in [2.24, 2.45) is 0 Å². The summed E-state index contributed by atoms with van der Waals surface area (Å²) in [4.78, 5) is 15.1. The molecule has 3 aromatic rings. The molecule has 0 spiro atoms. The Morgan fingerprint density at radius 1 is 1.06 bits per heavy atom. The van der Waals surface area contributed by atoms with Crippen LogP contribution in [0.1, 0.15) is 43.7 Å². The van der Waals surface area contributed by atoms with Crippen molar-refractivity contribution in [3.8, 4) is 11.5 Å². The first kappa shape index (κ1) is 21.8. The summed E-state index contributed by atoms with van der Waals surface area (Å²) in [5.74, 6) is 2.50. The van der Waals surface area contributed by atoms with Crippen molar-refractivity contribution in [2.45, 2.75) is 50.2 Å². The molecule has 0 radical (unpaired) electrons. The number of aromatic nitrogens is 3. The standard InChI is InChI=1S/C25H29N5O2S/c1-18-9-13-20(14-10-18)32-22-8-4-3-7-21(22)26-23(31)17-33-25-28-27-24(30(25)19-11-12-19)29-15-5-2-6-16-29/h3-4,7-10,13-14,19H,2,5-6,11-12,15-17H2,1H3,(H,26,31). The number of para-hydroxylation sites is 2. The molecular formula is C25H29N5O2S. The minimum Gasteiger partial charge on any atom is -0.455 e. The maximum atomic E-state index is 12.8. The van der Waals surface area contributed by atoms with Crippen molar-refractivity contribution in [2.75, 3.05) is 29.1 Å². The van der Waals surface area contributed by atoms with Gasteiger partial charge in [-0.15, -0.1) is 10.2 Å².